The molecule has 0 aliphatic carbocycles. The van der Waals surface area contributed by atoms with E-state index in [0.29, 0.717) is 23.4 Å². The number of sulfonamides is 1. The number of benzene rings is 2. The molecular weight excluding hydrogens is 454 g/mol. The van der Waals surface area contributed by atoms with Gasteiger partial charge in [-0.1, -0.05) is 41.9 Å². The van der Waals surface area contributed by atoms with E-state index in [9.17, 15) is 23.3 Å². The van der Waals surface area contributed by atoms with Crippen molar-refractivity contribution in [3.8, 4) is 0 Å². The second-order valence-corrected chi connectivity index (χ2v) is 9.88. The first kappa shape index (κ1) is 23.9. The Bertz CT molecular complexity index is 1110. The van der Waals surface area contributed by atoms with Crippen LogP contribution in [-0.4, -0.2) is 48.6 Å². The Balaban J connectivity index is 1.58. The fourth-order valence-electron chi connectivity index (χ4n) is 3.61. The van der Waals surface area contributed by atoms with E-state index in [4.69, 9.17) is 11.6 Å². The van der Waals surface area contributed by atoms with Crippen LogP contribution in [0.1, 0.15) is 24.0 Å². The van der Waals surface area contributed by atoms with Crippen molar-refractivity contribution in [3.05, 3.63) is 80.2 Å². The number of halogens is 1. The van der Waals surface area contributed by atoms with Gasteiger partial charge in [0, 0.05) is 55.2 Å². The lowest BCUT2D eigenvalue weighted by atomic mass is 9.96. The van der Waals surface area contributed by atoms with E-state index < -0.39 is 14.9 Å². The van der Waals surface area contributed by atoms with Crippen LogP contribution in [0.5, 0.6) is 0 Å². The van der Waals surface area contributed by atoms with Gasteiger partial charge in [-0.25, -0.2) is 8.42 Å². The lowest BCUT2D eigenvalue weighted by Crippen LogP contribution is -2.42. The summed E-state index contributed by atoms with van der Waals surface area (Å²) in [5, 5.41) is 12.5. The molecule has 0 atom stereocenters. The number of non-ortho nitro benzene ring substituents is 1. The number of hydrogen-bond acceptors (Lipinski definition) is 5. The van der Waals surface area contributed by atoms with E-state index in [1.807, 2.05) is 30.3 Å². The highest BCUT2D eigenvalue weighted by Crippen LogP contribution is 2.26. The van der Waals surface area contributed by atoms with Gasteiger partial charge in [0.1, 0.15) is 0 Å². The molecular formula is C22H24ClN3O5S. The fourth-order valence-corrected chi connectivity index (χ4v) is 5.01. The third kappa shape index (κ3) is 5.93. The quantitative estimate of drug-likeness (QED) is 0.444. The molecule has 3 rings (SSSR count). The van der Waals surface area contributed by atoms with E-state index in [1.54, 1.807) is 13.1 Å². The van der Waals surface area contributed by atoms with Crippen LogP contribution >= 0.6 is 11.6 Å². The number of carbonyl (C=O) groups is 1. The molecule has 1 aliphatic heterocycles. The highest BCUT2D eigenvalue weighted by molar-refractivity contribution is 7.92. The third-order valence-electron chi connectivity index (χ3n) is 5.42. The summed E-state index contributed by atoms with van der Waals surface area (Å²) in [6.45, 7) is 0.643. The molecule has 0 aromatic heterocycles. The molecule has 10 heteroatoms. The maximum absolute atomic E-state index is 12.9. The Morgan fingerprint density at radius 3 is 2.50 bits per heavy atom. The van der Waals surface area contributed by atoms with Gasteiger partial charge in [0.05, 0.1) is 4.92 Å². The van der Waals surface area contributed by atoms with Crippen molar-refractivity contribution < 1.29 is 18.1 Å². The average Bonchev–Trinajstić information content (AvgIpc) is 2.79. The maximum atomic E-state index is 12.9. The van der Waals surface area contributed by atoms with Gasteiger partial charge in [-0.2, -0.15) is 4.31 Å². The molecule has 0 N–H and O–H groups in total. The zero-order valence-electron chi connectivity index (χ0n) is 17.6. The summed E-state index contributed by atoms with van der Waals surface area (Å²) in [6.07, 6.45) is 2.37. The number of nitro benzene ring substituents is 1. The van der Waals surface area contributed by atoms with E-state index in [0.717, 1.165) is 5.56 Å². The monoisotopic (exact) mass is 477 g/mol. The minimum Gasteiger partial charge on any atom is -0.341 e. The smallest absolute Gasteiger partial charge is 0.269 e. The molecule has 170 valence electrons. The van der Waals surface area contributed by atoms with Crippen molar-refractivity contribution in [1.82, 2.24) is 9.21 Å². The van der Waals surface area contributed by atoms with Crippen molar-refractivity contribution >= 4 is 39.3 Å². The lowest BCUT2D eigenvalue weighted by Gasteiger charge is -2.32. The molecule has 32 heavy (non-hydrogen) atoms. The number of nitro groups is 1. The molecule has 1 heterocycles. The lowest BCUT2D eigenvalue weighted by molar-refractivity contribution is -0.384. The molecule has 0 spiro atoms. The van der Waals surface area contributed by atoms with Crippen LogP contribution in [0, 0.1) is 16.0 Å². The van der Waals surface area contributed by atoms with Crippen LogP contribution in [-0.2, 0) is 21.4 Å². The van der Waals surface area contributed by atoms with Gasteiger partial charge in [-0.15, -0.1) is 0 Å². The van der Waals surface area contributed by atoms with Crippen molar-refractivity contribution in [2.75, 3.05) is 20.1 Å². The molecule has 8 nitrogen and oxygen atoms in total. The molecule has 0 unspecified atom stereocenters. The number of nitrogens with zero attached hydrogens (tertiary/aromatic N) is 3. The first-order valence-corrected chi connectivity index (χ1v) is 12.0. The molecule has 0 radical (unpaired) electrons. The summed E-state index contributed by atoms with van der Waals surface area (Å²) in [6, 6.07) is 13.3. The molecule has 2 aromatic carbocycles. The Hall–Kier alpha value is -2.75. The van der Waals surface area contributed by atoms with Gasteiger partial charge in [0.2, 0.25) is 15.9 Å². The standard InChI is InChI=1S/C22H24ClN3O5S/c1-24(16-19-15-20(26(28)29)7-8-21(19)23)22(27)18-9-12-25(13-10-18)32(30,31)14-11-17-5-3-2-4-6-17/h2-8,11,14-15,18H,9-10,12-13,16H2,1H3/b14-11+. The molecule has 1 saturated heterocycles. The molecule has 1 aliphatic rings. The van der Waals surface area contributed by atoms with Crippen LogP contribution in [0.2, 0.25) is 5.02 Å². The van der Waals surface area contributed by atoms with Gasteiger partial charge in [0.25, 0.3) is 5.69 Å². The summed E-state index contributed by atoms with van der Waals surface area (Å²) in [7, 11) is -1.96. The van der Waals surface area contributed by atoms with E-state index in [2.05, 4.69) is 0 Å². The minimum atomic E-state index is -3.57. The predicted octanol–water partition coefficient (Wildman–Crippen LogP) is 3.92. The minimum absolute atomic E-state index is 0.0904. The molecule has 1 fully saturated rings. The second kappa shape index (κ2) is 10.2. The molecule has 0 saturated carbocycles. The van der Waals surface area contributed by atoms with Gasteiger partial charge >= 0.3 is 0 Å². The summed E-state index contributed by atoms with van der Waals surface area (Å²) >= 11 is 6.14. The molecule has 1 amide bonds. The highest BCUT2D eigenvalue weighted by Gasteiger charge is 2.31. The second-order valence-electron chi connectivity index (χ2n) is 7.66. The summed E-state index contributed by atoms with van der Waals surface area (Å²) in [5.74, 6) is -0.452. The Labute approximate surface area is 192 Å². The molecule has 2 aromatic rings. The highest BCUT2D eigenvalue weighted by atomic mass is 35.5. The SMILES string of the molecule is CN(Cc1cc([N+](=O)[O-])ccc1Cl)C(=O)C1CCN(S(=O)(=O)/C=C/c2ccccc2)CC1. The van der Waals surface area contributed by atoms with E-state index >= 15 is 0 Å². The summed E-state index contributed by atoms with van der Waals surface area (Å²) in [5.41, 5.74) is 1.19. The summed E-state index contributed by atoms with van der Waals surface area (Å²) < 4.78 is 26.6. The van der Waals surface area contributed by atoms with Crippen molar-refractivity contribution in [2.24, 2.45) is 5.92 Å². The number of rotatable bonds is 7. The number of hydrogen-bond donors (Lipinski definition) is 0. The summed E-state index contributed by atoms with van der Waals surface area (Å²) in [4.78, 5) is 24.8. The molecule has 0 bridgehead atoms. The van der Waals surface area contributed by atoms with Crippen LogP contribution < -0.4 is 0 Å². The first-order valence-electron chi connectivity index (χ1n) is 10.1. The van der Waals surface area contributed by atoms with Crippen LogP contribution in [0.15, 0.2) is 53.9 Å². The van der Waals surface area contributed by atoms with E-state index in [1.165, 1.54) is 32.8 Å². The van der Waals surface area contributed by atoms with Crippen molar-refractivity contribution in [3.63, 3.8) is 0 Å². The van der Waals surface area contributed by atoms with E-state index in [-0.39, 0.29) is 37.1 Å². The van der Waals surface area contributed by atoms with Gasteiger partial charge in [-0.05, 0) is 36.1 Å². The maximum Gasteiger partial charge on any atom is 0.269 e. The Morgan fingerprint density at radius 2 is 1.88 bits per heavy atom. The number of piperidine rings is 1. The van der Waals surface area contributed by atoms with Gasteiger partial charge < -0.3 is 4.90 Å². The van der Waals surface area contributed by atoms with Crippen molar-refractivity contribution in [2.45, 2.75) is 19.4 Å². The first-order chi connectivity index (χ1) is 15.2. The predicted molar refractivity (Wildman–Crippen MR) is 123 cm³/mol. The average molecular weight is 478 g/mol. The zero-order valence-corrected chi connectivity index (χ0v) is 19.1. The fraction of sp³-hybridized carbons (Fsp3) is 0.318. The topological polar surface area (TPSA) is 101 Å². The van der Waals surface area contributed by atoms with Crippen LogP contribution in [0.4, 0.5) is 5.69 Å². The zero-order chi connectivity index (χ0) is 23.3. The van der Waals surface area contributed by atoms with Crippen LogP contribution in [0.3, 0.4) is 0 Å². The van der Waals surface area contributed by atoms with Gasteiger partial charge in [0.15, 0.2) is 0 Å². The van der Waals surface area contributed by atoms with Crippen LogP contribution in [0.25, 0.3) is 6.08 Å². The third-order valence-corrected chi connectivity index (χ3v) is 7.35. The van der Waals surface area contributed by atoms with Crippen molar-refractivity contribution in [1.29, 1.82) is 0 Å². The Morgan fingerprint density at radius 1 is 1.22 bits per heavy atom. The Kier molecular flexibility index (Phi) is 7.65. The number of amides is 1. The number of carbonyl (C=O) groups excluding carboxylic acids is 1. The van der Waals surface area contributed by atoms with Gasteiger partial charge in [-0.3, -0.25) is 14.9 Å². The normalized spacial score (nSPS) is 15.7. The largest absolute Gasteiger partial charge is 0.341 e.